The van der Waals surface area contributed by atoms with Crippen molar-refractivity contribution in [2.45, 2.75) is 19.9 Å². The maximum Gasteiger partial charge on any atom is 0.226 e. The molecule has 114 valence electrons. The van der Waals surface area contributed by atoms with E-state index in [1.54, 1.807) is 0 Å². The van der Waals surface area contributed by atoms with E-state index in [0.717, 1.165) is 36.5 Å². The Kier molecular flexibility index (Phi) is 3.67. The Bertz CT molecular complexity index is 621. The number of fused-ring (bicyclic) bond motifs is 1. The summed E-state index contributed by atoms with van der Waals surface area (Å²) in [5.74, 6) is 2.24. The predicted octanol–water partition coefficient (Wildman–Crippen LogP) is 1.17. The lowest BCUT2D eigenvalue weighted by Crippen LogP contribution is -2.34. The molecule has 0 bridgehead atoms. The Morgan fingerprint density at radius 1 is 1.38 bits per heavy atom. The highest BCUT2D eigenvalue weighted by Gasteiger charge is 2.32. The second kappa shape index (κ2) is 5.48. The number of likely N-dealkylation sites (N-methyl/N-ethyl adjacent to an activating group) is 1. The zero-order valence-corrected chi connectivity index (χ0v) is 13.1. The van der Waals surface area contributed by atoms with E-state index < -0.39 is 0 Å². The molecule has 1 aliphatic heterocycles. The molecule has 21 heavy (non-hydrogen) atoms. The molecular formula is C14H23N7. The fourth-order valence-corrected chi connectivity index (χ4v) is 3.09. The van der Waals surface area contributed by atoms with Crippen molar-refractivity contribution in [2.24, 2.45) is 5.92 Å². The number of nitrogens with one attached hydrogen (secondary N) is 2. The third kappa shape index (κ3) is 2.53. The molecule has 0 aliphatic carbocycles. The molecule has 1 saturated heterocycles. The van der Waals surface area contributed by atoms with Gasteiger partial charge in [-0.2, -0.15) is 15.1 Å². The van der Waals surface area contributed by atoms with E-state index in [9.17, 15) is 0 Å². The van der Waals surface area contributed by atoms with Crippen molar-refractivity contribution in [2.75, 3.05) is 43.9 Å². The minimum atomic E-state index is 0.546. The average Bonchev–Trinajstić information content (AvgIpc) is 3.04. The quantitative estimate of drug-likeness (QED) is 0.880. The van der Waals surface area contributed by atoms with Gasteiger partial charge in [0.1, 0.15) is 5.82 Å². The van der Waals surface area contributed by atoms with E-state index in [1.165, 1.54) is 0 Å². The third-order valence-electron chi connectivity index (χ3n) is 4.16. The predicted molar refractivity (Wildman–Crippen MR) is 84.7 cm³/mol. The molecule has 0 amide bonds. The van der Waals surface area contributed by atoms with Crippen LogP contribution in [0.15, 0.2) is 6.20 Å². The summed E-state index contributed by atoms with van der Waals surface area (Å²) in [6.45, 7) is 7.13. The van der Waals surface area contributed by atoms with Crippen LogP contribution in [0, 0.1) is 5.92 Å². The summed E-state index contributed by atoms with van der Waals surface area (Å²) in [4.78, 5) is 13.8. The van der Waals surface area contributed by atoms with E-state index >= 15 is 0 Å². The summed E-state index contributed by atoms with van der Waals surface area (Å²) in [6.07, 6.45) is 1.81. The Morgan fingerprint density at radius 3 is 2.86 bits per heavy atom. The summed E-state index contributed by atoms with van der Waals surface area (Å²) in [6, 6.07) is 0.546. The van der Waals surface area contributed by atoms with E-state index in [0.29, 0.717) is 17.9 Å². The van der Waals surface area contributed by atoms with Crippen LogP contribution in [0.2, 0.25) is 0 Å². The van der Waals surface area contributed by atoms with Gasteiger partial charge in [0.25, 0.3) is 0 Å². The molecule has 2 aromatic rings. The van der Waals surface area contributed by atoms with Crippen molar-refractivity contribution in [1.29, 1.82) is 0 Å². The molecule has 0 aromatic carbocycles. The van der Waals surface area contributed by atoms with Gasteiger partial charge in [-0.05, 0) is 26.9 Å². The highest BCUT2D eigenvalue weighted by molar-refractivity contribution is 5.87. The zero-order valence-electron chi connectivity index (χ0n) is 13.1. The smallest absolute Gasteiger partial charge is 0.226 e. The molecule has 0 radical (unpaired) electrons. The van der Waals surface area contributed by atoms with Crippen LogP contribution >= 0.6 is 0 Å². The second-order valence-electron chi connectivity index (χ2n) is 5.95. The molecule has 0 spiro atoms. The van der Waals surface area contributed by atoms with Gasteiger partial charge in [0, 0.05) is 25.7 Å². The van der Waals surface area contributed by atoms with Gasteiger partial charge in [-0.15, -0.1) is 0 Å². The summed E-state index contributed by atoms with van der Waals surface area (Å²) >= 11 is 0. The Balaban J connectivity index is 1.98. The van der Waals surface area contributed by atoms with Gasteiger partial charge in [0.05, 0.1) is 11.6 Å². The largest absolute Gasteiger partial charge is 0.354 e. The molecule has 2 aromatic heterocycles. The molecule has 7 nitrogen and oxygen atoms in total. The van der Waals surface area contributed by atoms with Crippen LogP contribution in [0.1, 0.15) is 13.8 Å². The fraction of sp³-hybridized carbons (Fsp3) is 0.643. The first-order valence-corrected chi connectivity index (χ1v) is 7.46. The Labute approximate surface area is 124 Å². The average molecular weight is 289 g/mol. The number of hydrogen-bond acceptors (Lipinski definition) is 6. The van der Waals surface area contributed by atoms with E-state index in [1.807, 2.05) is 13.1 Å². The van der Waals surface area contributed by atoms with Gasteiger partial charge >= 0.3 is 0 Å². The van der Waals surface area contributed by atoms with Crippen LogP contribution in [-0.4, -0.2) is 64.8 Å². The summed E-state index contributed by atoms with van der Waals surface area (Å²) in [7, 11) is 4.28. The molecule has 7 heteroatoms. The zero-order chi connectivity index (χ0) is 15.0. The lowest BCUT2D eigenvalue weighted by molar-refractivity contribution is 0.266. The Hall–Kier alpha value is -1.89. The fourth-order valence-electron chi connectivity index (χ4n) is 3.09. The van der Waals surface area contributed by atoms with Crippen molar-refractivity contribution in [3.8, 4) is 0 Å². The number of aromatic nitrogens is 4. The molecule has 3 heterocycles. The molecule has 2 N–H and O–H groups in total. The van der Waals surface area contributed by atoms with E-state index in [-0.39, 0.29) is 0 Å². The van der Waals surface area contributed by atoms with Crippen LogP contribution < -0.4 is 10.2 Å². The third-order valence-corrected chi connectivity index (χ3v) is 4.16. The highest BCUT2D eigenvalue weighted by atomic mass is 15.3. The van der Waals surface area contributed by atoms with Gasteiger partial charge in [-0.25, -0.2) is 0 Å². The first kappa shape index (κ1) is 14.1. The van der Waals surface area contributed by atoms with Gasteiger partial charge in [0.2, 0.25) is 5.95 Å². The lowest BCUT2D eigenvalue weighted by atomic mass is 10.1. The molecule has 1 aliphatic rings. The minimum Gasteiger partial charge on any atom is -0.354 e. The van der Waals surface area contributed by atoms with Crippen LogP contribution in [0.4, 0.5) is 11.8 Å². The summed E-state index contributed by atoms with van der Waals surface area (Å²) in [5, 5.41) is 11.2. The van der Waals surface area contributed by atoms with Crippen LogP contribution in [0.3, 0.4) is 0 Å². The number of rotatable bonds is 4. The van der Waals surface area contributed by atoms with Gasteiger partial charge < -0.3 is 15.1 Å². The highest BCUT2D eigenvalue weighted by Crippen LogP contribution is 2.30. The summed E-state index contributed by atoms with van der Waals surface area (Å²) < 4.78 is 0. The van der Waals surface area contributed by atoms with Gasteiger partial charge in [-0.3, -0.25) is 5.10 Å². The van der Waals surface area contributed by atoms with Crippen molar-refractivity contribution in [3.63, 3.8) is 0 Å². The molecule has 2 unspecified atom stereocenters. The molecule has 3 rings (SSSR count). The number of anilines is 2. The first-order valence-electron chi connectivity index (χ1n) is 7.46. The molecule has 1 fully saturated rings. The summed E-state index contributed by atoms with van der Waals surface area (Å²) in [5.41, 5.74) is 0.789. The first-order chi connectivity index (χ1) is 10.1. The van der Waals surface area contributed by atoms with Crippen LogP contribution in [0.5, 0.6) is 0 Å². The van der Waals surface area contributed by atoms with Crippen LogP contribution in [0.25, 0.3) is 11.0 Å². The van der Waals surface area contributed by atoms with Gasteiger partial charge in [-0.1, -0.05) is 6.92 Å². The normalized spacial score (nSPS) is 22.4. The molecule has 2 atom stereocenters. The monoisotopic (exact) mass is 289 g/mol. The van der Waals surface area contributed by atoms with Crippen molar-refractivity contribution >= 4 is 22.8 Å². The van der Waals surface area contributed by atoms with Gasteiger partial charge in [0.15, 0.2) is 5.65 Å². The SMILES string of the molecule is CCNc1nc(N2CC(C)C(N(C)C)C2)c2cn[nH]c2n1. The number of hydrogen-bond donors (Lipinski definition) is 2. The van der Waals surface area contributed by atoms with E-state index in [2.05, 4.69) is 51.3 Å². The minimum absolute atomic E-state index is 0.546. The number of H-pyrrole nitrogens is 1. The lowest BCUT2D eigenvalue weighted by Gasteiger charge is -2.23. The maximum atomic E-state index is 4.70. The standard InChI is InChI=1S/C14H23N7/c1-5-15-14-17-12-10(6-16-19-12)13(18-14)21-7-9(2)11(8-21)20(3)4/h6,9,11H,5,7-8H2,1-4H3,(H2,15,16,17,18,19). The van der Waals surface area contributed by atoms with Crippen molar-refractivity contribution < 1.29 is 0 Å². The Morgan fingerprint density at radius 2 is 2.19 bits per heavy atom. The second-order valence-corrected chi connectivity index (χ2v) is 5.95. The van der Waals surface area contributed by atoms with E-state index in [4.69, 9.17) is 4.98 Å². The number of nitrogens with zero attached hydrogens (tertiary/aromatic N) is 5. The topological polar surface area (TPSA) is 73.0 Å². The maximum absolute atomic E-state index is 4.70. The number of aromatic amines is 1. The van der Waals surface area contributed by atoms with Crippen molar-refractivity contribution in [1.82, 2.24) is 25.1 Å². The van der Waals surface area contributed by atoms with Crippen molar-refractivity contribution in [3.05, 3.63) is 6.20 Å². The molecule has 0 saturated carbocycles. The molecular weight excluding hydrogens is 266 g/mol. The van der Waals surface area contributed by atoms with Crippen LogP contribution in [-0.2, 0) is 0 Å².